The lowest BCUT2D eigenvalue weighted by atomic mass is 9.93. The molecule has 8 rings (SSSR count). The van der Waals surface area contributed by atoms with Crippen molar-refractivity contribution in [3.8, 4) is 68.2 Å². The number of methoxy groups -OCH3 is 6. The number of benzene rings is 6. The maximum atomic E-state index is 12.5. The second-order valence-corrected chi connectivity index (χ2v) is 16.4. The smallest absolute Gasteiger partial charge is 0.417 e. The first kappa shape index (κ1) is 52.3. The highest BCUT2D eigenvalue weighted by Crippen LogP contribution is 2.52. The maximum absolute atomic E-state index is 12.5. The Bertz CT molecular complexity index is 2860. The molecule has 0 saturated carbocycles. The van der Waals surface area contributed by atoms with Crippen molar-refractivity contribution in [3.05, 3.63) is 131 Å². The minimum atomic E-state index is -0.814. The molecule has 2 aliphatic rings. The van der Waals surface area contributed by atoms with Crippen LogP contribution < -0.4 is 59.6 Å². The fraction of sp³-hybridized carbons (Fsp3) is 0.259. The summed E-state index contributed by atoms with van der Waals surface area (Å²) in [7, 11) is 9.55. The van der Waals surface area contributed by atoms with Crippen molar-refractivity contribution in [1.82, 2.24) is 10.6 Å². The molecular formula is C54H57ClN4O12. The molecule has 0 saturated heterocycles. The van der Waals surface area contributed by atoms with E-state index in [4.69, 9.17) is 50.5 Å². The number of anilines is 2. The van der Waals surface area contributed by atoms with E-state index in [0.717, 1.165) is 57.3 Å². The molecule has 0 aromatic heterocycles. The van der Waals surface area contributed by atoms with Crippen LogP contribution in [0.1, 0.15) is 61.0 Å². The fourth-order valence-corrected chi connectivity index (χ4v) is 8.76. The van der Waals surface area contributed by atoms with Gasteiger partial charge in [-0.1, -0.05) is 48.5 Å². The van der Waals surface area contributed by atoms with Crippen LogP contribution in [-0.2, 0) is 22.4 Å². The number of hydrogen-bond acceptors (Lipinski definition) is 13. The summed E-state index contributed by atoms with van der Waals surface area (Å²) in [5.41, 5.74) is 14.0. The highest BCUT2D eigenvalue weighted by molar-refractivity contribution is 6.61. The van der Waals surface area contributed by atoms with Gasteiger partial charge in [0, 0.05) is 48.0 Å². The lowest BCUT2D eigenvalue weighted by Gasteiger charge is -2.21. The molecule has 0 bridgehead atoms. The number of rotatable bonds is 11. The first-order valence-corrected chi connectivity index (χ1v) is 22.8. The summed E-state index contributed by atoms with van der Waals surface area (Å²) in [5.74, 6) is 4.10. The normalized spacial score (nSPS) is 13.8. The number of nitrogens with one attached hydrogen (secondary N) is 3. The Morgan fingerprint density at radius 3 is 1.39 bits per heavy atom. The van der Waals surface area contributed by atoms with E-state index in [2.05, 4.69) is 20.7 Å². The zero-order valence-corrected chi connectivity index (χ0v) is 41.5. The van der Waals surface area contributed by atoms with Crippen molar-refractivity contribution in [3.63, 3.8) is 0 Å². The summed E-state index contributed by atoms with van der Waals surface area (Å²) >= 11 is 4.95. The van der Waals surface area contributed by atoms with E-state index in [1.54, 1.807) is 97.3 Å². The Hall–Kier alpha value is -8.11. The predicted molar refractivity (Wildman–Crippen MR) is 272 cm³/mol. The Kier molecular flexibility index (Phi) is 18.0. The van der Waals surface area contributed by atoms with Crippen LogP contribution in [0, 0.1) is 0 Å². The standard InChI is InChI=1S/C27H28N2O6.C20H24N2O4.C7H5ClO2/c1-16(30)28-22-13-10-17-14-23(32-2)25(33-3)26(34-4)24(17)20-12-11-18(15-21(20)22)29-27(31)35-19-8-6-5-7-9-19;1-11(23)22-16-8-5-12-9-17(24-2)19(25-3)20(26-4)18(12)14-7-6-13(21)10-15(14)16;8-7(9)10-6-4-2-1-3-5-6/h5-9,11-12,14-15,22H,10,13H2,1-4H3,(H,28,30)(H,29,31);6-7,9-10,16H,5,8,21H2,1-4H3,(H,22,23);1-5H/t22-;16-;/m00./s1. The van der Waals surface area contributed by atoms with Gasteiger partial charge in [0.15, 0.2) is 23.0 Å². The number of nitrogens with two attached hydrogens (primary N) is 1. The lowest BCUT2D eigenvalue weighted by Crippen LogP contribution is -2.26. The largest absolute Gasteiger partial charge is 0.493 e. The average molecular weight is 990 g/mol. The summed E-state index contributed by atoms with van der Waals surface area (Å²) < 4.78 is 43.6. The number of hydrogen-bond donors (Lipinski definition) is 4. The Morgan fingerprint density at radius 1 is 0.535 bits per heavy atom. The van der Waals surface area contributed by atoms with Gasteiger partial charge < -0.3 is 54.3 Å². The van der Waals surface area contributed by atoms with Crippen molar-refractivity contribution in [2.24, 2.45) is 0 Å². The Morgan fingerprint density at radius 2 is 0.972 bits per heavy atom. The molecule has 0 fully saturated rings. The summed E-state index contributed by atoms with van der Waals surface area (Å²) in [6.45, 7) is 3.01. The van der Waals surface area contributed by atoms with Crippen LogP contribution in [0.3, 0.4) is 0 Å². The quantitative estimate of drug-likeness (QED) is 0.0706. The van der Waals surface area contributed by atoms with E-state index in [-0.39, 0.29) is 23.9 Å². The molecule has 0 unspecified atom stereocenters. The summed E-state index contributed by atoms with van der Waals surface area (Å²) in [4.78, 5) is 46.4. The molecule has 6 aromatic rings. The number of carbonyl (C=O) groups excluding carboxylic acids is 4. The van der Waals surface area contributed by atoms with Gasteiger partial charge in [0.1, 0.15) is 11.5 Å². The van der Waals surface area contributed by atoms with Crippen LogP contribution in [0.2, 0.25) is 0 Å². The molecule has 0 heterocycles. The molecule has 372 valence electrons. The number of aryl methyl sites for hydroxylation is 2. The summed E-state index contributed by atoms with van der Waals surface area (Å²) in [6, 6.07) is 32.3. The van der Waals surface area contributed by atoms with Gasteiger partial charge in [-0.3, -0.25) is 14.9 Å². The Balaban J connectivity index is 0.000000200. The molecule has 0 spiro atoms. The minimum Gasteiger partial charge on any atom is -0.493 e. The SMILES string of the molecule is COc1cc2c(c(OC)c1OC)-c1ccc(N)cc1[C@@H](NC(C)=O)CC2.COc1cc2c(c(OC)c1OC)-c1ccc(NC(=O)Oc3ccccc3)cc1[C@@H](NC(C)=O)CC2.O=C(Cl)Oc1ccccc1. The molecule has 6 aromatic carbocycles. The van der Waals surface area contributed by atoms with Crippen LogP contribution in [0.5, 0.6) is 46.0 Å². The fourth-order valence-electron chi connectivity index (χ4n) is 8.67. The van der Waals surface area contributed by atoms with Crippen LogP contribution >= 0.6 is 11.6 Å². The predicted octanol–water partition coefficient (Wildman–Crippen LogP) is 10.6. The second kappa shape index (κ2) is 24.4. The molecule has 16 nitrogen and oxygen atoms in total. The highest BCUT2D eigenvalue weighted by atomic mass is 35.5. The molecule has 3 amide bonds. The summed E-state index contributed by atoms with van der Waals surface area (Å²) in [6.07, 6.45) is 2.22. The molecular weight excluding hydrogens is 932 g/mol. The molecule has 0 radical (unpaired) electrons. The molecule has 5 N–H and O–H groups in total. The van der Waals surface area contributed by atoms with E-state index < -0.39 is 11.5 Å². The van der Waals surface area contributed by atoms with Crippen molar-refractivity contribution >= 4 is 46.3 Å². The molecule has 2 aliphatic carbocycles. The highest BCUT2D eigenvalue weighted by Gasteiger charge is 2.31. The first-order valence-electron chi connectivity index (χ1n) is 22.4. The topological polar surface area (TPSA) is 204 Å². The van der Waals surface area contributed by atoms with Gasteiger partial charge >= 0.3 is 11.5 Å². The first-order chi connectivity index (χ1) is 34.2. The van der Waals surface area contributed by atoms with Gasteiger partial charge in [-0.15, -0.1) is 0 Å². The maximum Gasteiger partial charge on any atom is 0.417 e. The zero-order chi connectivity index (χ0) is 51.2. The van der Waals surface area contributed by atoms with Gasteiger partial charge in [0.2, 0.25) is 23.3 Å². The average Bonchev–Trinajstić information content (AvgIpc) is 3.59. The zero-order valence-electron chi connectivity index (χ0n) is 40.7. The lowest BCUT2D eigenvalue weighted by molar-refractivity contribution is -0.120. The molecule has 71 heavy (non-hydrogen) atoms. The van der Waals surface area contributed by atoms with Crippen LogP contribution in [-0.4, -0.2) is 66.0 Å². The number of para-hydroxylation sites is 2. The third-order valence-electron chi connectivity index (χ3n) is 11.5. The van der Waals surface area contributed by atoms with Crippen LogP contribution in [0.4, 0.5) is 21.0 Å². The van der Waals surface area contributed by atoms with Gasteiger partial charge in [-0.25, -0.2) is 9.59 Å². The number of halogens is 1. The Labute approximate surface area is 417 Å². The van der Waals surface area contributed by atoms with E-state index in [9.17, 15) is 19.2 Å². The van der Waals surface area contributed by atoms with E-state index in [1.165, 1.54) is 13.8 Å². The van der Waals surface area contributed by atoms with Gasteiger partial charge in [-0.2, -0.15) is 0 Å². The van der Waals surface area contributed by atoms with Gasteiger partial charge in [0.05, 0.1) is 54.7 Å². The third kappa shape index (κ3) is 12.8. The van der Waals surface area contributed by atoms with E-state index in [1.807, 2.05) is 54.6 Å². The molecule has 0 aliphatic heterocycles. The second-order valence-electron chi connectivity index (χ2n) is 16.1. The van der Waals surface area contributed by atoms with Crippen LogP contribution in [0.15, 0.2) is 109 Å². The van der Waals surface area contributed by atoms with Crippen molar-refractivity contribution in [2.45, 2.75) is 51.6 Å². The monoisotopic (exact) mass is 988 g/mol. The number of carbonyl (C=O) groups is 4. The number of ether oxygens (including phenoxy) is 8. The van der Waals surface area contributed by atoms with Crippen molar-refractivity contribution in [2.75, 3.05) is 53.7 Å². The third-order valence-corrected chi connectivity index (χ3v) is 11.6. The van der Waals surface area contributed by atoms with E-state index >= 15 is 0 Å². The molecule has 17 heteroatoms. The van der Waals surface area contributed by atoms with Crippen molar-refractivity contribution in [1.29, 1.82) is 0 Å². The molecule has 2 atom stereocenters. The number of nitrogen functional groups attached to an aromatic ring is 1. The van der Waals surface area contributed by atoms with Crippen molar-refractivity contribution < 1.29 is 57.1 Å². The number of amides is 3. The minimum absolute atomic E-state index is 0.0727. The van der Waals surface area contributed by atoms with Gasteiger partial charge in [0.25, 0.3) is 0 Å². The number of fused-ring (bicyclic) bond motifs is 6. The summed E-state index contributed by atoms with van der Waals surface area (Å²) in [5, 5.41) is 8.86. The van der Waals surface area contributed by atoms with E-state index in [0.29, 0.717) is 70.2 Å². The van der Waals surface area contributed by atoms with Crippen LogP contribution in [0.25, 0.3) is 22.3 Å². The van der Waals surface area contributed by atoms with Gasteiger partial charge in [-0.05, 0) is 120 Å².